The Morgan fingerprint density at radius 3 is 2.71 bits per heavy atom. The summed E-state index contributed by atoms with van der Waals surface area (Å²) in [7, 11) is 1.58. The molecular formula is C17H24N2O5. The zero-order valence-electron chi connectivity index (χ0n) is 13.8. The fourth-order valence-electron chi connectivity index (χ4n) is 3.00. The van der Waals surface area contributed by atoms with Crippen LogP contribution in [0.5, 0.6) is 5.75 Å². The first-order valence-corrected chi connectivity index (χ1v) is 8.22. The van der Waals surface area contributed by atoms with Crippen molar-refractivity contribution in [3.8, 4) is 5.75 Å². The van der Waals surface area contributed by atoms with Gasteiger partial charge in [-0.2, -0.15) is 0 Å². The molecule has 24 heavy (non-hydrogen) atoms. The van der Waals surface area contributed by atoms with E-state index in [2.05, 4.69) is 10.2 Å². The van der Waals surface area contributed by atoms with Crippen molar-refractivity contribution in [2.24, 2.45) is 0 Å². The number of hydrogen-bond acceptors (Lipinski definition) is 6. The molecular weight excluding hydrogens is 312 g/mol. The number of rotatable bonds is 5. The van der Waals surface area contributed by atoms with Crippen LogP contribution in [0.2, 0.25) is 0 Å². The van der Waals surface area contributed by atoms with Crippen LogP contribution in [0.1, 0.15) is 10.4 Å². The number of amides is 1. The zero-order chi connectivity index (χ0) is 16.9. The zero-order valence-corrected chi connectivity index (χ0v) is 13.8. The van der Waals surface area contributed by atoms with Crippen LogP contribution in [0.4, 0.5) is 0 Å². The number of carbonyl (C=O) groups excluding carboxylic acids is 1. The fourth-order valence-corrected chi connectivity index (χ4v) is 3.00. The molecule has 2 saturated heterocycles. The summed E-state index contributed by atoms with van der Waals surface area (Å²) in [5.74, 6) is 0.471. The highest BCUT2D eigenvalue weighted by molar-refractivity contribution is 5.94. The molecule has 2 heterocycles. The fraction of sp³-hybridized carbons (Fsp3) is 0.588. The highest BCUT2D eigenvalue weighted by atomic mass is 16.5. The number of morpholine rings is 1. The average Bonchev–Trinajstić information content (AvgIpc) is 2.96. The first-order valence-electron chi connectivity index (χ1n) is 8.22. The second kappa shape index (κ2) is 7.94. The van der Waals surface area contributed by atoms with Crippen LogP contribution in [0.25, 0.3) is 0 Å². The van der Waals surface area contributed by atoms with Crippen LogP contribution in [0, 0.1) is 0 Å². The van der Waals surface area contributed by atoms with Gasteiger partial charge in [0.15, 0.2) is 0 Å². The Labute approximate surface area is 141 Å². The van der Waals surface area contributed by atoms with Crippen molar-refractivity contribution in [2.45, 2.75) is 18.2 Å². The summed E-state index contributed by atoms with van der Waals surface area (Å²) in [6.07, 6.45) is -1.00. The molecule has 2 fully saturated rings. The van der Waals surface area contributed by atoms with Gasteiger partial charge in [0.25, 0.3) is 5.91 Å². The molecule has 2 N–H and O–H groups in total. The van der Waals surface area contributed by atoms with E-state index in [0.717, 1.165) is 13.1 Å². The van der Waals surface area contributed by atoms with Crippen LogP contribution in [-0.2, 0) is 9.47 Å². The molecule has 7 nitrogen and oxygen atoms in total. The molecule has 2 aliphatic rings. The Morgan fingerprint density at radius 1 is 1.33 bits per heavy atom. The lowest BCUT2D eigenvalue weighted by molar-refractivity contribution is -0.0180. The van der Waals surface area contributed by atoms with Gasteiger partial charge >= 0.3 is 0 Å². The minimum absolute atomic E-state index is 0.225. The molecule has 3 atom stereocenters. The van der Waals surface area contributed by atoms with Gasteiger partial charge in [-0.05, 0) is 24.3 Å². The highest BCUT2D eigenvalue weighted by Gasteiger charge is 2.37. The maximum atomic E-state index is 12.3. The van der Waals surface area contributed by atoms with Gasteiger partial charge in [0.2, 0.25) is 0 Å². The number of benzene rings is 1. The minimum Gasteiger partial charge on any atom is -0.497 e. The topological polar surface area (TPSA) is 80.3 Å². The lowest BCUT2D eigenvalue weighted by Gasteiger charge is -2.29. The van der Waals surface area contributed by atoms with Crippen molar-refractivity contribution in [3.63, 3.8) is 0 Å². The van der Waals surface area contributed by atoms with Gasteiger partial charge in [0.1, 0.15) is 11.9 Å². The van der Waals surface area contributed by atoms with Gasteiger partial charge < -0.3 is 24.6 Å². The summed E-state index contributed by atoms with van der Waals surface area (Å²) in [5.41, 5.74) is 0.527. The van der Waals surface area contributed by atoms with Crippen molar-refractivity contribution in [1.82, 2.24) is 10.2 Å². The second-order valence-corrected chi connectivity index (χ2v) is 6.08. The standard InChI is InChI=1S/C17H24N2O5/c1-22-13-4-2-12(3-5-13)17(21)18-14-11-24-15(16(14)20)10-19-6-8-23-9-7-19/h2-5,14-16,20H,6-11H2,1H3,(H,18,21)/t14-,15-,16+/m0/s1. The molecule has 7 heteroatoms. The molecule has 0 spiro atoms. The quantitative estimate of drug-likeness (QED) is 0.781. The molecule has 0 radical (unpaired) electrons. The van der Waals surface area contributed by atoms with E-state index in [1.54, 1.807) is 31.4 Å². The number of hydrogen-bond donors (Lipinski definition) is 2. The third kappa shape index (κ3) is 4.05. The predicted octanol–water partition coefficient (Wildman–Crippen LogP) is -0.114. The molecule has 2 aliphatic heterocycles. The average molecular weight is 336 g/mol. The molecule has 0 saturated carbocycles. The lowest BCUT2D eigenvalue weighted by Crippen LogP contribution is -2.48. The van der Waals surface area contributed by atoms with E-state index in [1.807, 2.05) is 0 Å². The molecule has 1 aromatic carbocycles. The van der Waals surface area contributed by atoms with Crippen molar-refractivity contribution in [2.75, 3.05) is 46.6 Å². The Balaban J connectivity index is 1.52. The van der Waals surface area contributed by atoms with E-state index >= 15 is 0 Å². The van der Waals surface area contributed by atoms with E-state index < -0.39 is 12.1 Å². The molecule has 0 bridgehead atoms. The third-order valence-corrected chi connectivity index (χ3v) is 4.49. The number of methoxy groups -OCH3 is 1. The smallest absolute Gasteiger partial charge is 0.251 e. The minimum atomic E-state index is -0.713. The molecule has 0 unspecified atom stereocenters. The van der Waals surface area contributed by atoms with E-state index in [0.29, 0.717) is 37.7 Å². The molecule has 132 valence electrons. The van der Waals surface area contributed by atoms with Gasteiger partial charge in [0.05, 0.1) is 39.1 Å². The largest absolute Gasteiger partial charge is 0.497 e. The maximum Gasteiger partial charge on any atom is 0.251 e. The Hall–Kier alpha value is -1.67. The Morgan fingerprint density at radius 2 is 2.04 bits per heavy atom. The van der Waals surface area contributed by atoms with Gasteiger partial charge in [-0.1, -0.05) is 0 Å². The number of aliphatic hydroxyl groups is 1. The van der Waals surface area contributed by atoms with E-state index in [1.165, 1.54) is 0 Å². The van der Waals surface area contributed by atoms with Gasteiger partial charge in [-0.3, -0.25) is 9.69 Å². The molecule has 3 rings (SSSR count). The maximum absolute atomic E-state index is 12.3. The predicted molar refractivity (Wildman–Crippen MR) is 87.3 cm³/mol. The molecule has 1 aromatic rings. The molecule has 0 aromatic heterocycles. The number of ether oxygens (including phenoxy) is 3. The van der Waals surface area contributed by atoms with Crippen LogP contribution in [-0.4, -0.2) is 80.7 Å². The summed E-state index contributed by atoms with van der Waals surface area (Å²) in [5, 5.41) is 13.3. The lowest BCUT2D eigenvalue weighted by atomic mass is 10.1. The highest BCUT2D eigenvalue weighted by Crippen LogP contribution is 2.18. The SMILES string of the molecule is COc1ccc(C(=O)N[C@H]2CO[C@@H](CN3CCOCC3)[C@@H]2O)cc1. The van der Waals surface area contributed by atoms with Crippen LogP contribution in [0.3, 0.4) is 0 Å². The summed E-state index contributed by atoms with van der Waals surface area (Å²) in [6, 6.07) is 6.46. The molecule has 0 aliphatic carbocycles. The van der Waals surface area contributed by atoms with Gasteiger partial charge in [0, 0.05) is 25.2 Å². The normalized spacial score (nSPS) is 27.8. The van der Waals surface area contributed by atoms with Gasteiger partial charge in [-0.25, -0.2) is 0 Å². The van der Waals surface area contributed by atoms with Crippen LogP contribution in [0.15, 0.2) is 24.3 Å². The first kappa shape index (κ1) is 17.2. The summed E-state index contributed by atoms with van der Waals surface area (Å²) >= 11 is 0. The van der Waals surface area contributed by atoms with E-state index in [-0.39, 0.29) is 12.0 Å². The second-order valence-electron chi connectivity index (χ2n) is 6.08. The van der Waals surface area contributed by atoms with Crippen LogP contribution < -0.4 is 10.1 Å². The summed E-state index contributed by atoms with van der Waals surface area (Å²) in [6.45, 7) is 4.07. The molecule has 1 amide bonds. The van der Waals surface area contributed by atoms with Gasteiger partial charge in [-0.15, -0.1) is 0 Å². The van der Waals surface area contributed by atoms with Crippen LogP contribution >= 0.6 is 0 Å². The summed E-state index contributed by atoms with van der Waals surface area (Å²) in [4.78, 5) is 14.5. The number of aliphatic hydroxyl groups excluding tert-OH is 1. The number of nitrogens with one attached hydrogen (secondary N) is 1. The van der Waals surface area contributed by atoms with E-state index in [4.69, 9.17) is 14.2 Å². The monoisotopic (exact) mass is 336 g/mol. The number of carbonyl (C=O) groups is 1. The van der Waals surface area contributed by atoms with Crippen molar-refractivity contribution >= 4 is 5.91 Å². The van der Waals surface area contributed by atoms with Crippen molar-refractivity contribution < 1.29 is 24.1 Å². The Kier molecular flexibility index (Phi) is 5.68. The summed E-state index contributed by atoms with van der Waals surface area (Å²) < 4.78 is 16.1. The Bertz CT molecular complexity index is 544. The first-order chi connectivity index (χ1) is 11.7. The third-order valence-electron chi connectivity index (χ3n) is 4.49. The van der Waals surface area contributed by atoms with Crippen molar-refractivity contribution in [1.29, 1.82) is 0 Å². The van der Waals surface area contributed by atoms with Crippen molar-refractivity contribution in [3.05, 3.63) is 29.8 Å². The number of nitrogens with zero attached hydrogens (tertiary/aromatic N) is 1. The van der Waals surface area contributed by atoms with E-state index in [9.17, 15) is 9.90 Å².